The first kappa shape index (κ1) is 13.3. The summed E-state index contributed by atoms with van der Waals surface area (Å²) < 4.78 is 11.1. The smallest absolute Gasteiger partial charge is 0.254 e. The zero-order chi connectivity index (χ0) is 13.9. The van der Waals surface area contributed by atoms with Crippen molar-refractivity contribution in [2.75, 3.05) is 19.8 Å². The van der Waals surface area contributed by atoms with Gasteiger partial charge in [-0.2, -0.15) is 0 Å². The molecule has 1 amide bonds. The third-order valence-electron chi connectivity index (χ3n) is 4.15. The van der Waals surface area contributed by atoms with Crippen molar-refractivity contribution in [3.05, 3.63) is 23.8 Å². The molecule has 0 radical (unpaired) electrons. The first-order chi connectivity index (χ1) is 9.79. The number of carbonyl (C=O) groups excluding carboxylic acids is 1. The van der Waals surface area contributed by atoms with Crippen molar-refractivity contribution in [1.82, 2.24) is 4.90 Å². The summed E-state index contributed by atoms with van der Waals surface area (Å²) in [5.41, 5.74) is 0.703. The van der Waals surface area contributed by atoms with E-state index in [1.54, 1.807) is 0 Å². The second-order valence-electron chi connectivity index (χ2n) is 5.41. The number of hydrogen-bond donors (Lipinski definition) is 0. The largest absolute Gasteiger partial charge is 0.486 e. The average molecular weight is 275 g/mol. The molecule has 0 bridgehead atoms. The highest BCUT2D eigenvalue weighted by Gasteiger charge is 2.27. The molecule has 0 saturated carbocycles. The average Bonchev–Trinajstić information content (AvgIpc) is 2.53. The highest BCUT2D eigenvalue weighted by Crippen LogP contribution is 2.32. The first-order valence-electron chi connectivity index (χ1n) is 7.50. The predicted molar refractivity (Wildman–Crippen MR) is 76.4 cm³/mol. The van der Waals surface area contributed by atoms with Crippen LogP contribution in [0, 0.1) is 0 Å². The number of hydrogen-bond acceptors (Lipinski definition) is 3. The molecule has 1 fully saturated rings. The fourth-order valence-electron chi connectivity index (χ4n) is 3.03. The Morgan fingerprint density at radius 2 is 2.05 bits per heavy atom. The molecule has 1 saturated heterocycles. The van der Waals surface area contributed by atoms with Gasteiger partial charge in [-0.05, 0) is 43.9 Å². The highest BCUT2D eigenvalue weighted by molar-refractivity contribution is 5.95. The minimum absolute atomic E-state index is 0.119. The van der Waals surface area contributed by atoms with Crippen molar-refractivity contribution in [3.63, 3.8) is 0 Å². The Labute approximate surface area is 119 Å². The molecule has 0 aliphatic carbocycles. The molecule has 1 aromatic carbocycles. The van der Waals surface area contributed by atoms with Crippen LogP contribution >= 0.6 is 0 Å². The van der Waals surface area contributed by atoms with Crippen LogP contribution in [0.1, 0.15) is 43.0 Å². The Balaban J connectivity index is 1.82. The van der Waals surface area contributed by atoms with Crippen LogP contribution in [0.5, 0.6) is 11.5 Å². The summed E-state index contributed by atoms with van der Waals surface area (Å²) in [5.74, 6) is 1.54. The fraction of sp³-hybridized carbons (Fsp3) is 0.562. The number of piperidine rings is 1. The molecular weight excluding hydrogens is 254 g/mol. The van der Waals surface area contributed by atoms with Gasteiger partial charge in [0.25, 0.3) is 5.91 Å². The highest BCUT2D eigenvalue weighted by atomic mass is 16.6. The molecule has 0 aromatic heterocycles. The van der Waals surface area contributed by atoms with E-state index in [2.05, 4.69) is 6.92 Å². The van der Waals surface area contributed by atoms with Gasteiger partial charge < -0.3 is 14.4 Å². The third kappa shape index (κ3) is 2.47. The van der Waals surface area contributed by atoms with Crippen LogP contribution in [0.15, 0.2) is 18.2 Å². The lowest BCUT2D eigenvalue weighted by Crippen LogP contribution is -2.43. The second-order valence-corrected chi connectivity index (χ2v) is 5.41. The molecule has 0 unspecified atom stereocenters. The van der Waals surface area contributed by atoms with Crippen LogP contribution in [-0.4, -0.2) is 36.6 Å². The molecule has 2 aliphatic rings. The molecule has 2 heterocycles. The Morgan fingerprint density at radius 3 is 2.85 bits per heavy atom. The normalized spacial score (nSPS) is 21.6. The quantitative estimate of drug-likeness (QED) is 0.833. The summed E-state index contributed by atoms with van der Waals surface area (Å²) in [6.45, 7) is 4.14. The second kappa shape index (κ2) is 5.73. The summed E-state index contributed by atoms with van der Waals surface area (Å²) in [5, 5.41) is 0. The van der Waals surface area contributed by atoms with Crippen LogP contribution in [-0.2, 0) is 0 Å². The van der Waals surface area contributed by atoms with E-state index in [0.717, 1.165) is 31.6 Å². The minimum atomic E-state index is 0.119. The lowest BCUT2D eigenvalue weighted by Gasteiger charge is -2.35. The summed E-state index contributed by atoms with van der Waals surface area (Å²) >= 11 is 0. The topological polar surface area (TPSA) is 38.8 Å². The Kier molecular flexibility index (Phi) is 3.81. The number of nitrogens with zero attached hydrogens (tertiary/aromatic N) is 1. The number of fused-ring (bicyclic) bond motifs is 1. The van der Waals surface area contributed by atoms with Crippen molar-refractivity contribution in [3.8, 4) is 11.5 Å². The third-order valence-corrected chi connectivity index (χ3v) is 4.15. The SMILES string of the molecule is CC[C@@H]1CCCCN1C(=O)c1ccc2c(c1)OCCO2. The Morgan fingerprint density at radius 1 is 1.25 bits per heavy atom. The van der Waals surface area contributed by atoms with E-state index >= 15 is 0 Å². The van der Waals surface area contributed by atoms with E-state index < -0.39 is 0 Å². The zero-order valence-corrected chi connectivity index (χ0v) is 11.9. The van der Waals surface area contributed by atoms with E-state index in [1.807, 2.05) is 23.1 Å². The molecule has 3 rings (SSSR count). The molecule has 0 N–H and O–H groups in total. The van der Waals surface area contributed by atoms with Crippen LogP contribution in [0.2, 0.25) is 0 Å². The summed E-state index contributed by atoms with van der Waals surface area (Å²) in [7, 11) is 0. The molecule has 108 valence electrons. The van der Waals surface area contributed by atoms with Crippen molar-refractivity contribution in [1.29, 1.82) is 0 Å². The lowest BCUT2D eigenvalue weighted by molar-refractivity contribution is 0.0607. The maximum Gasteiger partial charge on any atom is 0.254 e. The Bertz CT molecular complexity index is 500. The van der Waals surface area contributed by atoms with Gasteiger partial charge >= 0.3 is 0 Å². The minimum Gasteiger partial charge on any atom is -0.486 e. The van der Waals surface area contributed by atoms with E-state index in [4.69, 9.17) is 9.47 Å². The number of rotatable bonds is 2. The zero-order valence-electron chi connectivity index (χ0n) is 11.9. The van der Waals surface area contributed by atoms with Gasteiger partial charge in [0.1, 0.15) is 13.2 Å². The molecule has 1 aromatic rings. The van der Waals surface area contributed by atoms with E-state index in [-0.39, 0.29) is 5.91 Å². The summed E-state index contributed by atoms with van der Waals surface area (Å²) in [6.07, 6.45) is 4.47. The van der Waals surface area contributed by atoms with Crippen molar-refractivity contribution >= 4 is 5.91 Å². The summed E-state index contributed by atoms with van der Waals surface area (Å²) in [4.78, 5) is 14.7. The van der Waals surface area contributed by atoms with Gasteiger partial charge in [-0.1, -0.05) is 6.92 Å². The van der Waals surface area contributed by atoms with E-state index in [9.17, 15) is 4.79 Å². The lowest BCUT2D eigenvalue weighted by atomic mass is 9.99. The first-order valence-corrected chi connectivity index (χ1v) is 7.50. The number of amides is 1. The van der Waals surface area contributed by atoms with Gasteiger partial charge in [-0.25, -0.2) is 0 Å². The summed E-state index contributed by atoms with van der Waals surface area (Å²) in [6, 6.07) is 5.88. The van der Waals surface area contributed by atoms with Gasteiger partial charge in [0.2, 0.25) is 0 Å². The van der Waals surface area contributed by atoms with E-state index in [1.165, 1.54) is 6.42 Å². The standard InChI is InChI=1S/C16H21NO3/c1-2-13-5-3-4-8-17(13)16(18)12-6-7-14-15(11-12)20-10-9-19-14/h6-7,11,13H,2-5,8-10H2,1H3/t13-/m1/s1. The van der Waals surface area contributed by atoms with Gasteiger partial charge in [-0.15, -0.1) is 0 Å². The van der Waals surface area contributed by atoms with Crippen molar-refractivity contribution in [2.45, 2.75) is 38.6 Å². The van der Waals surface area contributed by atoms with E-state index in [0.29, 0.717) is 30.6 Å². The van der Waals surface area contributed by atoms with Gasteiger partial charge in [0.15, 0.2) is 11.5 Å². The monoisotopic (exact) mass is 275 g/mol. The molecule has 0 spiro atoms. The molecule has 4 nitrogen and oxygen atoms in total. The Hall–Kier alpha value is -1.71. The number of carbonyl (C=O) groups is 1. The number of likely N-dealkylation sites (tertiary alicyclic amines) is 1. The molecule has 2 aliphatic heterocycles. The van der Waals surface area contributed by atoms with Crippen LogP contribution in [0.3, 0.4) is 0 Å². The number of ether oxygens (including phenoxy) is 2. The number of benzene rings is 1. The van der Waals surface area contributed by atoms with Gasteiger partial charge in [0.05, 0.1) is 0 Å². The van der Waals surface area contributed by atoms with Crippen molar-refractivity contribution < 1.29 is 14.3 Å². The maximum atomic E-state index is 12.7. The van der Waals surface area contributed by atoms with Crippen LogP contribution in [0.4, 0.5) is 0 Å². The van der Waals surface area contributed by atoms with Gasteiger partial charge in [0, 0.05) is 18.2 Å². The van der Waals surface area contributed by atoms with Gasteiger partial charge in [-0.3, -0.25) is 4.79 Å². The molecular formula is C16H21NO3. The maximum absolute atomic E-state index is 12.7. The molecule has 20 heavy (non-hydrogen) atoms. The fourth-order valence-corrected chi connectivity index (χ4v) is 3.03. The van der Waals surface area contributed by atoms with Crippen LogP contribution < -0.4 is 9.47 Å². The molecule has 4 heteroatoms. The molecule has 1 atom stereocenters. The van der Waals surface area contributed by atoms with Crippen LogP contribution in [0.25, 0.3) is 0 Å². The predicted octanol–water partition coefficient (Wildman–Crippen LogP) is 2.86. The van der Waals surface area contributed by atoms with Crippen molar-refractivity contribution in [2.24, 2.45) is 0 Å².